The summed E-state index contributed by atoms with van der Waals surface area (Å²) in [5.74, 6) is 0. The van der Waals surface area contributed by atoms with Crippen molar-refractivity contribution < 1.29 is 4.74 Å². The number of imidazole rings is 1. The van der Waals surface area contributed by atoms with Crippen LogP contribution in [0.2, 0.25) is 5.02 Å². The first-order chi connectivity index (χ1) is 15.3. The number of aryl methyl sites for hydroxylation is 1. The van der Waals surface area contributed by atoms with Gasteiger partial charge in [-0.2, -0.15) is 0 Å². The number of unbranched alkanes of at least 4 members (excludes halogenated alkanes) is 5. The summed E-state index contributed by atoms with van der Waals surface area (Å²) in [6.45, 7) is 1.68. The van der Waals surface area contributed by atoms with Crippen LogP contribution in [0.25, 0.3) is 6.08 Å². The lowest BCUT2D eigenvalue weighted by Crippen LogP contribution is -2.05. The van der Waals surface area contributed by atoms with Crippen molar-refractivity contribution in [3.8, 4) is 0 Å². The molecule has 0 N–H and O–H groups in total. The van der Waals surface area contributed by atoms with Crippen LogP contribution in [-0.2, 0) is 11.3 Å². The maximum absolute atomic E-state index is 6.24. The van der Waals surface area contributed by atoms with Crippen LogP contribution in [0.15, 0.2) is 79.4 Å². The number of nitrogens with zero attached hydrogens (tertiary/aromatic N) is 2. The predicted molar refractivity (Wildman–Crippen MR) is 130 cm³/mol. The topological polar surface area (TPSA) is 27.1 Å². The molecule has 0 aliphatic carbocycles. The Labute approximate surface area is 191 Å². The van der Waals surface area contributed by atoms with E-state index < -0.39 is 0 Å². The van der Waals surface area contributed by atoms with Crippen LogP contribution in [0, 0.1) is 0 Å². The number of hydrogen-bond acceptors (Lipinski definition) is 2. The van der Waals surface area contributed by atoms with Crippen molar-refractivity contribution in [2.75, 3.05) is 6.61 Å². The van der Waals surface area contributed by atoms with Crippen LogP contribution < -0.4 is 0 Å². The lowest BCUT2D eigenvalue weighted by molar-refractivity contribution is 0.0655. The van der Waals surface area contributed by atoms with Crippen molar-refractivity contribution in [1.82, 2.24) is 9.55 Å². The zero-order valence-electron chi connectivity index (χ0n) is 18.2. The lowest BCUT2D eigenvalue weighted by Gasteiger charge is -2.18. The maximum Gasteiger partial charge on any atom is 0.0945 e. The van der Waals surface area contributed by atoms with E-state index in [1.807, 2.05) is 36.9 Å². The Balaban J connectivity index is 1.37. The van der Waals surface area contributed by atoms with Gasteiger partial charge in [-0.05, 0) is 36.1 Å². The molecule has 1 heterocycles. The smallest absolute Gasteiger partial charge is 0.0945 e. The van der Waals surface area contributed by atoms with Gasteiger partial charge in [-0.25, -0.2) is 4.98 Å². The van der Waals surface area contributed by atoms with Gasteiger partial charge in [-0.1, -0.05) is 98.3 Å². The summed E-state index contributed by atoms with van der Waals surface area (Å²) in [5.41, 5.74) is 2.40. The van der Waals surface area contributed by atoms with Crippen LogP contribution in [0.4, 0.5) is 0 Å². The summed E-state index contributed by atoms with van der Waals surface area (Å²) < 4.78 is 8.39. The van der Waals surface area contributed by atoms with Crippen molar-refractivity contribution in [3.63, 3.8) is 0 Å². The van der Waals surface area contributed by atoms with Crippen LogP contribution in [-0.4, -0.2) is 16.2 Å². The molecule has 3 rings (SSSR count). The summed E-state index contributed by atoms with van der Waals surface area (Å²) in [4.78, 5) is 4.09. The molecule has 0 aliphatic rings. The normalized spacial score (nSPS) is 12.4. The molecule has 0 amide bonds. The SMILES string of the molecule is Clc1ccc(C(CCCCCCCCn2ccnc2)OCC=Cc2ccccc2)cc1. The van der Waals surface area contributed by atoms with Crippen molar-refractivity contribution in [2.24, 2.45) is 0 Å². The summed E-state index contributed by atoms with van der Waals surface area (Å²) in [6, 6.07) is 18.4. The highest BCUT2D eigenvalue weighted by molar-refractivity contribution is 6.30. The van der Waals surface area contributed by atoms with Gasteiger partial charge in [0.15, 0.2) is 0 Å². The molecule has 1 atom stereocenters. The average Bonchev–Trinajstić information content (AvgIpc) is 3.32. The number of aromatic nitrogens is 2. The molecule has 164 valence electrons. The summed E-state index contributed by atoms with van der Waals surface area (Å²) in [5, 5.41) is 0.766. The molecule has 0 aliphatic heterocycles. The Bertz CT molecular complexity index is 860. The fraction of sp³-hybridized carbons (Fsp3) is 0.370. The molecular weight excluding hydrogens is 404 g/mol. The summed E-state index contributed by atoms with van der Waals surface area (Å²) >= 11 is 6.07. The van der Waals surface area contributed by atoms with E-state index in [0.717, 1.165) is 18.0 Å². The van der Waals surface area contributed by atoms with Crippen LogP contribution in [0.3, 0.4) is 0 Å². The zero-order valence-corrected chi connectivity index (χ0v) is 19.0. The fourth-order valence-corrected chi connectivity index (χ4v) is 3.82. The van der Waals surface area contributed by atoms with Gasteiger partial charge in [-0.3, -0.25) is 0 Å². The highest BCUT2D eigenvalue weighted by atomic mass is 35.5. The number of ether oxygens (including phenoxy) is 1. The Morgan fingerprint density at radius 2 is 1.65 bits per heavy atom. The first kappa shape index (κ1) is 23.3. The Morgan fingerprint density at radius 1 is 0.903 bits per heavy atom. The van der Waals surface area contributed by atoms with E-state index in [1.165, 1.54) is 49.7 Å². The van der Waals surface area contributed by atoms with E-state index in [-0.39, 0.29) is 6.10 Å². The second kappa shape index (κ2) is 13.8. The molecule has 0 saturated carbocycles. The van der Waals surface area contributed by atoms with Gasteiger partial charge in [0.25, 0.3) is 0 Å². The molecule has 1 aromatic heterocycles. The monoisotopic (exact) mass is 436 g/mol. The molecule has 3 aromatic rings. The average molecular weight is 437 g/mol. The maximum atomic E-state index is 6.24. The molecule has 0 saturated heterocycles. The van der Waals surface area contributed by atoms with E-state index >= 15 is 0 Å². The Kier molecular flexibility index (Phi) is 10.4. The molecule has 1 unspecified atom stereocenters. The van der Waals surface area contributed by atoms with Crippen LogP contribution >= 0.6 is 11.6 Å². The lowest BCUT2D eigenvalue weighted by atomic mass is 10.0. The van der Waals surface area contributed by atoms with Gasteiger partial charge in [0, 0.05) is 24.0 Å². The minimum atomic E-state index is 0.110. The van der Waals surface area contributed by atoms with Gasteiger partial charge in [0.05, 0.1) is 19.0 Å². The van der Waals surface area contributed by atoms with E-state index in [1.54, 1.807) is 0 Å². The molecule has 2 aromatic carbocycles. The second-order valence-electron chi connectivity index (χ2n) is 7.90. The van der Waals surface area contributed by atoms with Crippen molar-refractivity contribution in [2.45, 2.75) is 57.6 Å². The first-order valence-electron chi connectivity index (χ1n) is 11.4. The van der Waals surface area contributed by atoms with E-state index in [9.17, 15) is 0 Å². The van der Waals surface area contributed by atoms with E-state index in [4.69, 9.17) is 16.3 Å². The molecule has 3 nitrogen and oxygen atoms in total. The molecule has 4 heteroatoms. The third-order valence-corrected chi connectivity index (χ3v) is 5.69. The molecule has 0 fully saturated rings. The molecular formula is C27H33ClN2O. The molecule has 0 spiro atoms. The van der Waals surface area contributed by atoms with Crippen molar-refractivity contribution in [1.29, 1.82) is 0 Å². The third-order valence-electron chi connectivity index (χ3n) is 5.44. The number of benzene rings is 2. The molecule has 31 heavy (non-hydrogen) atoms. The summed E-state index contributed by atoms with van der Waals surface area (Å²) in [6.07, 6.45) is 18.6. The highest BCUT2D eigenvalue weighted by Crippen LogP contribution is 2.26. The first-order valence-corrected chi connectivity index (χ1v) is 11.7. The predicted octanol–water partition coefficient (Wildman–Crippen LogP) is 7.74. The largest absolute Gasteiger partial charge is 0.369 e. The van der Waals surface area contributed by atoms with E-state index in [2.05, 4.69) is 58.1 Å². The summed E-state index contributed by atoms with van der Waals surface area (Å²) in [7, 11) is 0. The standard InChI is InChI=1S/C27H33ClN2O/c28-26-17-15-25(16-18-26)27(31-22-10-13-24-11-6-5-7-12-24)14-8-3-1-2-4-9-20-30-21-19-29-23-30/h5-7,10-13,15-19,21,23,27H,1-4,8-9,14,20,22H2. The van der Waals surface area contributed by atoms with Gasteiger partial charge in [-0.15, -0.1) is 0 Å². The molecule has 0 bridgehead atoms. The van der Waals surface area contributed by atoms with E-state index in [0.29, 0.717) is 6.61 Å². The van der Waals surface area contributed by atoms with Gasteiger partial charge in [0.2, 0.25) is 0 Å². The minimum absolute atomic E-state index is 0.110. The van der Waals surface area contributed by atoms with Crippen LogP contribution in [0.1, 0.15) is 62.2 Å². The van der Waals surface area contributed by atoms with Gasteiger partial charge in [0.1, 0.15) is 0 Å². The van der Waals surface area contributed by atoms with Crippen molar-refractivity contribution in [3.05, 3.63) is 95.5 Å². The second-order valence-corrected chi connectivity index (χ2v) is 8.33. The molecule has 0 radical (unpaired) electrons. The van der Waals surface area contributed by atoms with Crippen LogP contribution in [0.5, 0.6) is 0 Å². The Hall–Kier alpha value is -2.36. The number of hydrogen-bond donors (Lipinski definition) is 0. The number of rotatable bonds is 14. The quantitative estimate of drug-likeness (QED) is 0.241. The zero-order chi connectivity index (χ0) is 21.6. The third kappa shape index (κ3) is 9.12. The number of halogens is 1. The van der Waals surface area contributed by atoms with Gasteiger partial charge < -0.3 is 9.30 Å². The minimum Gasteiger partial charge on any atom is -0.369 e. The highest BCUT2D eigenvalue weighted by Gasteiger charge is 2.11. The van der Waals surface area contributed by atoms with Crippen molar-refractivity contribution >= 4 is 17.7 Å². The fourth-order valence-electron chi connectivity index (χ4n) is 3.69. The Morgan fingerprint density at radius 3 is 2.39 bits per heavy atom. The van der Waals surface area contributed by atoms with Gasteiger partial charge >= 0.3 is 0 Å².